The van der Waals surface area contributed by atoms with Crippen LogP contribution in [0.25, 0.3) is 16.8 Å². The van der Waals surface area contributed by atoms with Gasteiger partial charge in [0.25, 0.3) is 5.78 Å². The molecule has 2 aromatic heterocycles. The SMILES string of the molecule is COc1c(Cl)cc(Cl)cc1/C(O)=C1\C(=O)C(=O)N(c2nc3ccc(F)cc3[nH]2)C1c1ccco1. The minimum absolute atomic E-state index is 0.0150. The largest absolute Gasteiger partial charge is 0.507 e. The molecule has 34 heavy (non-hydrogen) atoms. The van der Waals surface area contributed by atoms with Crippen LogP contribution in [0.5, 0.6) is 5.75 Å². The summed E-state index contributed by atoms with van der Waals surface area (Å²) < 4.78 is 24.5. The fourth-order valence-corrected chi connectivity index (χ4v) is 4.51. The van der Waals surface area contributed by atoms with E-state index in [-0.39, 0.29) is 38.6 Å². The highest BCUT2D eigenvalue weighted by atomic mass is 35.5. The molecule has 0 radical (unpaired) electrons. The van der Waals surface area contributed by atoms with Crippen molar-refractivity contribution in [2.75, 3.05) is 12.0 Å². The number of anilines is 1. The molecule has 1 atom stereocenters. The van der Waals surface area contributed by atoms with Crippen LogP contribution >= 0.6 is 23.2 Å². The predicted molar refractivity (Wildman–Crippen MR) is 123 cm³/mol. The van der Waals surface area contributed by atoms with Gasteiger partial charge >= 0.3 is 5.91 Å². The molecule has 0 saturated carbocycles. The molecule has 2 N–H and O–H groups in total. The van der Waals surface area contributed by atoms with E-state index < -0.39 is 29.3 Å². The predicted octanol–water partition coefficient (Wildman–Crippen LogP) is 5.24. The molecule has 4 aromatic rings. The zero-order chi connectivity index (χ0) is 24.1. The number of fused-ring (bicyclic) bond motifs is 1. The van der Waals surface area contributed by atoms with Gasteiger partial charge in [0.1, 0.15) is 29.1 Å². The van der Waals surface area contributed by atoms with Gasteiger partial charge in [-0.25, -0.2) is 9.37 Å². The lowest BCUT2D eigenvalue weighted by molar-refractivity contribution is -0.132. The number of rotatable bonds is 4. The monoisotopic (exact) mass is 501 g/mol. The molecule has 3 heterocycles. The number of benzene rings is 2. The lowest BCUT2D eigenvalue weighted by Gasteiger charge is -2.21. The molecule has 1 aliphatic heterocycles. The number of carbonyl (C=O) groups is 2. The Morgan fingerprint density at radius 3 is 2.74 bits per heavy atom. The Morgan fingerprint density at radius 2 is 2.03 bits per heavy atom. The molecule has 11 heteroatoms. The summed E-state index contributed by atoms with van der Waals surface area (Å²) in [5.41, 5.74) is 0.419. The second kappa shape index (κ2) is 8.19. The van der Waals surface area contributed by atoms with Crippen LogP contribution in [0.2, 0.25) is 10.0 Å². The van der Waals surface area contributed by atoms with E-state index in [0.717, 1.165) is 4.90 Å². The molecule has 1 unspecified atom stereocenters. The Morgan fingerprint density at radius 1 is 1.24 bits per heavy atom. The molecule has 1 aliphatic rings. The van der Waals surface area contributed by atoms with E-state index in [2.05, 4.69) is 9.97 Å². The molecule has 5 rings (SSSR count). The zero-order valence-electron chi connectivity index (χ0n) is 17.3. The molecule has 8 nitrogen and oxygen atoms in total. The smallest absolute Gasteiger partial charge is 0.302 e. The number of ketones is 1. The third-order valence-corrected chi connectivity index (χ3v) is 5.88. The molecule has 1 amide bonds. The molecule has 1 saturated heterocycles. The molecular weight excluding hydrogens is 488 g/mol. The normalized spacial score (nSPS) is 17.6. The van der Waals surface area contributed by atoms with Crippen LogP contribution < -0.4 is 9.64 Å². The molecular formula is C23H14Cl2FN3O5. The van der Waals surface area contributed by atoms with Gasteiger partial charge in [0.15, 0.2) is 0 Å². The second-order valence-corrected chi connectivity index (χ2v) is 8.22. The number of aromatic amines is 1. The van der Waals surface area contributed by atoms with Crippen LogP contribution in [0.4, 0.5) is 10.3 Å². The van der Waals surface area contributed by atoms with Crippen molar-refractivity contribution >= 4 is 57.6 Å². The van der Waals surface area contributed by atoms with Gasteiger partial charge in [0, 0.05) is 5.02 Å². The Hall–Kier alpha value is -3.82. The van der Waals surface area contributed by atoms with Gasteiger partial charge in [-0.15, -0.1) is 0 Å². The number of aliphatic hydroxyl groups excluding tert-OH is 1. The minimum atomic E-state index is -1.19. The first-order valence-corrected chi connectivity index (χ1v) is 10.6. The third-order valence-electron chi connectivity index (χ3n) is 5.38. The van der Waals surface area contributed by atoms with E-state index in [4.69, 9.17) is 32.4 Å². The molecule has 2 aromatic carbocycles. The summed E-state index contributed by atoms with van der Waals surface area (Å²) in [6, 6.07) is 8.56. The lowest BCUT2D eigenvalue weighted by atomic mass is 9.99. The van der Waals surface area contributed by atoms with E-state index in [1.165, 1.54) is 43.7 Å². The molecule has 0 bridgehead atoms. The third kappa shape index (κ3) is 3.41. The maximum atomic E-state index is 13.7. The van der Waals surface area contributed by atoms with Crippen molar-refractivity contribution in [2.24, 2.45) is 0 Å². The van der Waals surface area contributed by atoms with Gasteiger partial charge in [0.05, 0.1) is 40.6 Å². The molecule has 172 valence electrons. The number of amides is 1. The fourth-order valence-electron chi connectivity index (χ4n) is 3.94. The van der Waals surface area contributed by atoms with Crippen molar-refractivity contribution < 1.29 is 28.2 Å². The fraction of sp³-hybridized carbons (Fsp3) is 0.0870. The Bertz CT molecular complexity index is 1500. The number of Topliss-reactive ketones (excluding diaryl/α,β-unsaturated/α-hetero) is 1. The number of methoxy groups -OCH3 is 1. The van der Waals surface area contributed by atoms with Crippen molar-refractivity contribution in [1.82, 2.24) is 9.97 Å². The van der Waals surface area contributed by atoms with Crippen molar-refractivity contribution in [1.29, 1.82) is 0 Å². The number of hydrogen-bond acceptors (Lipinski definition) is 6. The van der Waals surface area contributed by atoms with E-state index in [0.29, 0.717) is 11.0 Å². The zero-order valence-corrected chi connectivity index (χ0v) is 18.8. The summed E-state index contributed by atoms with van der Waals surface area (Å²) >= 11 is 12.3. The van der Waals surface area contributed by atoms with Gasteiger partial charge in [-0.2, -0.15) is 0 Å². The maximum absolute atomic E-state index is 13.7. The number of imidazole rings is 1. The van der Waals surface area contributed by atoms with E-state index >= 15 is 0 Å². The highest BCUT2D eigenvalue weighted by molar-refractivity contribution is 6.51. The van der Waals surface area contributed by atoms with Crippen LogP contribution in [0.1, 0.15) is 17.4 Å². The van der Waals surface area contributed by atoms with Gasteiger partial charge in [-0.3, -0.25) is 14.5 Å². The average Bonchev–Trinajstić information content (AvgIpc) is 3.51. The quantitative estimate of drug-likeness (QED) is 0.225. The number of aromatic nitrogens is 2. The van der Waals surface area contributed by atoms with Crippen LogP contribution in [-0.2, 0) is 9.59 Å². The molecule has 1 fully saturated rings. The van der Waals surface area contributed by atoms with Crippen molar-refractivity contribution in [3.8, 4) is 5.75 Å². The van der Waals surface area contributed by atoms with Gasteiger partial charge in [-0.05, 0) is 42.5 Å². The van der Waals surface area contributed by atoms with E-state index in [9.17, 15) is 19.1 Å². The van der Waals surface area contributed by atoms with Gasteiger partial charge < -0.3 is 19.2 Å². The summed E-state index contributed by atoms with van der Waals surface area (Å²) in [6.07, 6.45) is 1.36. The number of ether oxygens (including phenoxy) is 1. The Kier molecular flexibility index (Phi) is 5.30. The number of nitrogens with one attached hydrogen (secondary N) is 1. The first kappa shape index (κ1) is 22.0. The van der Waals surface area contributed by atoms with Crippen molar-refractivity contribution in [2.45, 2.75) is 6.04 Å². The summed E-state index contributed by atoms with van der Waals surface area (Å²) in [4.78, 5) is 34.6. The van der Waals surface area contributed by atoms with Crippen LogP contribution in [0, 0.1) is 5.82 Å². The van der Waals surface area contributed by atoms with Crippen molar-refractivity contribution in [3.05, 3.63) is 81.5 Å². The maximum Gasteiger partial charge on any atom is 0.302 e. The van der Waals surface area contributed by atoms with E-state index in [1.807, 2.05) is 0 Å². The number of hydrogen-bond donors (Lipinski definition) is 2. The van der Waals surface area contributed by atoms with Gasteiger partial charge in [0.2, 0.25) is 5.95 Å². The van der Waals surface area contributed by atoms with Crippen LogP contribution in [-0.4, -0.2) is 33.9 Å². The first-order valence-electron chi connectivity index (χ1n) is 9.83. The number of furan rings is 1. The molecule has 0 aliphatic carbocycles. The number of H-pyrrole nitrogens is 1. The highest BCUT2D eigenvalue weighted by Gasteiger charge is 2.49. The minimum Gasteiger partial charge on any atom is -0.507 e. The second-order valence-electron chi connectivity index (χ2n) is 7.37. The Balaban J connectivity index is 1.75. The summed E-state index contributed by atoms with van der Waals surface area (Å²) in [5.74, 6) is -2.83. The number of carbonyl (C=O) groups excluding carboxylic acids is 2. The van der Waals surface area contributed by atoms with E-state index in [1.54, 1.807) is 12.1 Å². The summed E-state index contributed by atoms with van der Waals surface area (Å²) in [7, 11) is 1.34. The van der Waals surface area contributed by atoms with Crippen molar-refractivity contribution in [3.63, 3.8) is 0 Å². The summed E-state index contributed by atoms with van der Waals surface area (Å²) in [5, 5.41) is 11.5. The standard InChI is InChI=1S/C23H14Cl2FN3O5/c1-33-21-12(7-10(24)8-13(21)25)19(30)17-18(16-3-2-6-34-16)29(22(32)20(17)31)23-27-14-5-4-11(26)9-15(14)28-23/h2-9,18,30H,1H3,(H,27,28)/b19-17+. The molecule has 0 spiro atoms. The number of nitrogens with zero attached hydrogens (tertiary/aromatic N) is 2. The highest BCUT2D eigenvalue weighted by Crippen LogP contribution is 2.44. The Labute approximate surface area is 201 Å². The number of aliphatic hydroxyl groups is 1. The van der Waals surface area contributed by atoms with Crippen LogP contribution in [0.3, 0.4) is 0 Å². The van der Waals surface area contributed by atoms with Gasteiger partial charge in [-0.1, -0.05) is 23.2 Å². The number of halogens is 3. The topological polar surface area (TPSA) is 109 Å². The van der Waals surface area contributed by atoms with Crippen LogP contribution in [0.15, 0.2) is 58.7 Å². The average molecular weight is 502 g/mol. The summed E-state index contributed by atoms with van der Waals surface area (Å²) in [6.45, 7) is 0. The first-order chi connectivity index (χ1) is 16.3. The lowest BCUT2D eigenvalue weighted by Crippen LogP contribution is -2.30.